The molecular weight excluding hydrogens is 374 g/mol. The molecule has 0 spiro atoms. The molecule has 0 unspecified atom stereocenters. The number of H-pyrrole nitrogens is 1. The molecule has 1 amide bonds. The fraction of sp³-hybridized carbons (Fsp3) is 0.0909. The number of aromatic nitrogens is 2. The molecule has 0 radical (unpaired) electrons. The Morgan fingerprint density at radius 1 is 1.00 bits per heavy atom. The third kappa shape index (κ3) is 4.24. The highest BCUT2D eigenvalue weighted by Gasteiger charge is 2.16. The number of carbonyl (C=O) groups is 1. The minimum atomic E-state index is -2.70. The van der Waals surface area contributed by atoms with Gasteiger partial charge in [0.2, 0.25) is 0 Å². The molecule has 0 aliphatic rings. The number of fused-ring (bicyclic) bond motifs is 1. The number of amides is 1. The number of carbonyl (C=O) groups excluding carboxylic acids is 1. The van der Waals surface area contributed by atoms with Gasteiger partial charge in [-0.05, 0) is 35.9 Å². The SMILES string of the molecule is O=C(NN(Cc1ccccc1)c1ccccc1)c1ccc2nc(C(F)F)[nH]c2c1. The first-order chi connectivity index (χ1) is 14.1. The normalized spacial score (nSPS) is 11.0. The standard InChI is InChI=1S/C22H18F2N4O/c23-20(24)21-25-18-12-11-16(13-19(18)26-21)22(29)27-28(17-9-5-2-6-10-17)14-15-7-3-1-4-8-15/h1-13,20H,14H2,(H,25,26)(H,27,29). The Labute approximate surface area is 166 Å². The number of imidazole rings is 1. The summed E-state index contributed by atoms with van der Waals surface area (Å²) in [5.74, 6) is -0.757. The summed E-state index contributed by atoms with van der Waals surface area (Å²) in [5.41, 5.74) is 5.88. The van der Waals surface area contributed by atoms with Crippen LogP contribution in [0.3, 0.4) is 0 Å². The van der Waals surface area contributed by atoms with Crippen LogP contribution in [0.2, 0.25) is 0 Å². The van der Waals surface area contributed by atoms with Gasteiger partial charge in [0.05, 0.1) is 23.3 Å². The molecule has 0 saturated heterocycles. The number of halogens is 2. The second-order valence-electron chi connectivity index (χ2n) is 6.50. The van der Waals surface area contributed by atoms with Crippen LogP contribution in [0.5, 0.6) is 0 Å². The highest BCUT2D eigenvalue weighted by atomic mass is 19.3. The van der Waals surface area contributed by atoms with Crippen molar-refractivity contribution in [1.29, 1.82) is 0 Å². The third-order valence-corrected chi connectivity index (χ3v) is 4.46. The number of nitrogens with zero attached hydrogens (tertiary/aromatic N) is 2. The Hall–Kier alpha value is -3.74. The molecule has 0 bridgehead atoms. The number of hydrogen-bond donors (Lipinski definition) is 2. The Morgan fingerprint density at radius 3 is 2.38 bits per heavy atom. The average Bonchev–Trinajstić information content (AvgIpc) is 3.18. The van der Waals surface area contributed by atoms with Crippen LogP contribution in [0.1, 0.15) is 28.2 Å². The number of rotatable bonds is 6. The molecular formula is C22H18F2N4O. The van der Waals surface area contributed by atoms with Gasteiger partial charge >= 0.3 is 0 Å². The van der Waals surface area contributed by atoms with Gasteiger partial charge in [-0.25, -0.2) is 13.8 Å². The van der Waals surface area contributed by atoms with E-state index in [2.05, 4.69) is 15.4 Å². The molecule has 4 rings (SSSR count). The largest absolute Gasteiger partial charge is 0.337 e. The van der Waals surface area contributed by atoms with Gasteiger partial charge in [-0.1, -0.05) is 48.5 Å². The van der Waals surface area contributed by atoms with Crippen LogP contribution in [-0.4, -0.2) is 15.9 Å². The Balaban J connectivity index is 1.59. The van der Waals surface area contributed by atoms with Gasteiger partial charge in [0.25, 0.3) is 12.3 Å². The summed E-state index contributed by atoms with van der Waals surface area (Å²) in [4.78, 5) is 19.3. The van der Waals surface area contributed by atoms with E-state index in [-0.39, 0.29) is 5.91 Å². The van der Waals surface area contributed by atoms with Gasteiger partial charge in [0, 0.05) is 5.56 Å². The summed E-state index contributed by atoms with van der Waals surface area (Å²) in [6, 6.07) is 23.9. The lowest BCUT2D eigenvalue weighted by Crippen LogP contribution is -2.42. The van der Waals surface area contributed by atoms with Gasteiger partial charge in [0.15, 0.2) is 5.82 Å². The van der Waals surface area contributed by atoms with E-state index < -0.39 is 12.2 Å². The molecule has 0 aliphatic heterocycles. The molecule has 0 atom stereocenters. The quantitative estimate of drug-likeness (QED) is 0.461. The van der Waals surface area contributed by atoms with Crippen molar-refractivity contribution in [2.45, 2.75) is 13.0 Å². The second kappa shape index (κ2) is 8.10. The minimum Gasteiger partial charge on any atom is -0.337 e. The van der Waals surface area contributed by atoms with Crippen LogP contribution in [0.4, 0.5) is 14.5 Å². The third-order valence-electron chi connectivity index (χ3n) is 4.46. The number of hydrazine groups is 1. The first kappa shape index (κ1) is 18.6. The number of nitrogens with one attached hydrogen (secondary N) is 2. The van der Waals surface area contributed by atoms with E-state index in [9.17, 15) is 13.6 Å². The van der Waals surface area contributed by atoms with Crippen LogP contribution in [0, 0.1) is 0 Å². The molecule has 29 heavy (non-hydrogen) atoms. The molecule has 1 heterocycles. The maximum absolute atomic E-state index is 12.9. The highest BCUT2D eigenvalue weighted by Crippen LogP contribution is 2.21. The number of para-hydroxylation sites is 1. The van der Waals surface area contributed by atoms with Crippen molar-refractivity contribution in [3.05, 3.63) is 95.8 Å². The zero-order chi connectivity index (χ0) is 20.2. The average molecular weight is 392 g/mol. The lowest BCUT2D eigenvalue weighted by Gasteiger charge is -2.25. The Bertz CT molecular complexity index is 1110. The summed E-state index contributed by atoms with van der Waals surface area (Å²) in [7, 11) is 0. The van der Waals surface area contributed by atoms with Crippen molar-refractivity contribution in [2.24, 2.45) is 0 Å². The molecule has 3 aromatic carbocycles. The number of benzene rings is 3. The number of anilines is 1. The first-order valence-corrected chi connectivity index (χ1v) is 9.05. The van der Waals surface area contributed by atoms with Crippen molar-refractivity contribution in [3.8, 4) is 0 Å². The molecule has 7 heteroatoms. The van der Waals surface area contributed by atoms with E-state index in [1.54, 1.807) is 17.1 Å². The van der Waals surface area contributed by atoms with E-state index in [0.717, 1.165) is 11.3 Å². The maximum Gasteiger partial charge on any atom is 0.295 e. The molecule has 5 nitrogen and oxygen atoms in total. The van der Waals surface area contributed by atoms with Gasteiger partial charge < -0.3 is 4.98 Å². The topological polar surface area (TPSA) is 61.0 Å². The van der Waals surface area contributed by atoms with Crippen molar-refractivity contribution in [2.75, 3.05) is 5.01 Å². The second-order valence-corrected chi connectivity index (χ2v) is 6.50. The Kier molecular flexibility index (Phi) is 5.20. The summed E-state index contributed by atoms with van der Waals surface area (Å²) in [6.45, 7) is 0.471. The maximum atomic E-state index is 12.9. The lowest BCUT2D eigenvalue weighted by molar-refractivity contribution is 0.0948. The molecule has 4 aromatic rings. The van der Waals surface area contributed by atoms with Crippen molar-refractivity contribution in [1.82, 2.24) is 15.4 Å². The fourth-order valence-electron chi connectivity index (χ4n) is 3.03. The fourth-order valence-corrected chi connectivity index (χ4v) is 3.03. The number of aromatic amines is 1. The predicted octanol–water partition coefficient (Wildman–Crippen LogP) is 4.85. The molecule has 0 saturated carbocycles. The Morgan fingerprint density at radius 2 is 1.69 bits per heavy atom. The monoisotopic (exact) mass is 392 g/mol. The van der Waals surface area contributed by atoms with Gasteiger partial charge in [-0.15, -0.1) is 0 Å². The summed E-state index contributed by atoms with van der Waals surface area (Å²) >= 11 is 0. The number of hydrogen-bond acceptors (Lipinski definition) is 3. The zero-order valence-electron chi connectivity index (χ0n) is 15.3. The molecule has 146 valence electrons. The smallest absolute Gasteiger partial charge is 0.295 e. The summed E-state index contributed by atoms with van der Waals surface area (Å²) in [6.07, 6.45) is -2.70. The van der Waals surface area contributed by atoms with E-state index in [0.29, 0.717) is 23.1 Å². The van der Waals surface area contributed by atoms with Gasteiger partial charge in [-0.2, -0.15) is 0 Å². The molecule has 1 aromatic heterocycles. The van der Waals surface area contributed by atoms with E-state index in [1.807, 2.05) is 60.7 Å². The van der Waals surface area contributed by atoms with E-state index >= 15 is 0 Å². The predicted molar refractivity (Wildman–Crippen MR) is 108 cm³/mol. The first-order valence-electron chi connectivity index (χ1n) is 9.05. The number of alkyl halides is 2. The summed E-state index contributed by atoms with van der Waals surface area (Å²) in [5, 5.41) is 1.75. The van der Waals surface area contributed by atoms with Crippen LogP contribution in [0.15, 0.2) is 78.9 Å². The summed E-state index contributed by atoms with van der Waals surface area (Å²) < 4.78 is 25.7. The van der Waals surface area contributed by atoms with E-state index in [4.69, 9.17) is 0 Å². The van der Waals surface area contributed by atoms with Crippen LogP contribution in [-0.2, 0) is 6.54 Å². The van der Waals surface area contributed by atoms with Crippen LogP contribution < -0.4 is 10.4 Å². The lowest BCUT2D eigenvalue weighted by atomic mass is 10.2. The van der Waals surface area contributed by atoms with Crippen molar-refractivity contribution >= 4 is 22.6 Å². The van der Waals surface area contributed by atoms with E-state index in [1.165, 1.54) is 6.07 Å². The molecule has 2 N–H and O–H groups in total. The van der Waals surface area contributed by atoms with Crippen LogP contribution >= 0.6 is 0 Å². The van der Waals surface area contributed by atoms with Gasteiger partial charge in [-0.3, -0.25) is 15.2 Å². The molecule has 0 fully saturated rings. The van der Waals surface area contributed by atoms with Crippen molar-refractivity contribution < 1.29 is 13.6 Å². The van der Waals surface area contributed by atoms with Crippen molar-refractivity contribution in [3.63, 3.8) is 0 Å². The minimum absolute atomic E-state index is 0.343. The highest BCUT2D eigenvalue weighted by molar-refractivity contribution is 5.98. The molecule has 0 aliphatic carbocycles. The van der Waals surface area contributed by atoms with Gasteiger partial charge in [0.1, 0.15) is 0 Å². The van der Waals surface area contributed by atoms with Crippen LogP contribution in [0.25, 0.3) is 11.0 Å². The zero-order valence-corrected chi connectivity index (χ0v) is 15.3.